The Morgan fingerprint density at radius 3 is 2.48 bits per heavy atom. The highest BCUT2D eigenvalue weighted by Gasteiger charge is 2.24. The molecular weight excluding hydrogens is 414 g/mol. The number of hydrogen-bond acceptors (Lipinski definition) is 4. The van der Waals surface area contributed by atoms with Crippen molar-refractivity contribution >= 4 is 32.5 Å². The Labute approximate surface area is 182 Å². The van der Waals surface area contributed by atoms with E-state index in [2.05, 4.69) is 17.2 Å². The fraction of sp³-hybridized carbons (Fsp3) is 0.304. The number of unbranched alkanes of at least 4 members (excludes halogenated alkanes) is 2. The first-order valence-corrected chi connectivity index (χ1v) is 11.9. The quantitative estimate of drug-likeness (QED) is 0.495. The highest BCUT2D eigenvalue weighted by Crippen LogP contribution is 2.24. The Kier molecular flexibility index (Phi) is 7.12. The second-order valence-corrected chi connectivity index (χ2v) is 9.07. The highest BCUT2D eigenvalue weighted by molar-refractivity contribution is 7.92. The van der Waals surface area contributed by atoms with Crippen molar-refractivity contribution < 1.29 is 13.2 Å². The maximum Gasteiger partial charge on any atom is 0.264 e. The van der Waals surface area contributed by atoms with Crippen molar-refractivity contribution in [2.75, 3.05) is 17.4 Å². The maximum absolute atomic E-state index is 13.3. The van der Waals surface area contributed by atoms with Crippen molar-refractivity contribution in [1.29, 1.82) is 0 Å². The van der Waals surface area contributed by atoms with Gasteiger partial charge in [0.1, 0.15) is 5.56 Å². The minimum atomic E-state index is -3.89. The predicted molar refractivity (Wildman–Crippen MR) is 123 cm³/mol. The third-order valence-corrected chi connectivity index (χ3v) is 6.98. The van der Waals surface area contributed by atoms with Crippen LogP contribution in [0.15, 0.2) is 64.4 Å². The lowest BCUT2D eigenvalue weighted by molar-refractivity contribution is 0.0951. The topological polar surface area (TPSA) is 99.3 Å². The van der Waals surface area contributed by atoms with Crippen molar-refractivity contribution in [2.24, 2.45) is 0 Å². The van der Waals surface area contributed by atoms with Crippen molar-refractivity contribution in [3.8, 4) is 0 Å². The van der Waals surface area contributed by atoms with Gasteiger partial charge >= 0.3 is 0 Å². The van der Waals surface area contributed by atoms with Gasteiger partial charge in [-0.3, -0.25) is 13.9 Å². The van der Waals surface area contributed by atoms with Crippen LogP contribution in [-0.4, -0.2) is 32.4 Å². The average Bonchev–Trinajstić information content (AvgIpc) is 2.77. The number of anilines is 1. The molecule has 0 unspecified atom stereocenters. The number of pyridine rings is 1. The summed E-state index contributed by atoms with van der Waals surface area (Å²) in [7, 11) is -3.89. The number of nitrogens with zero attached hydrogens (tertiary/aromatic N) is 1. The SMILES string of the molecule is CCCCCNC(=O)c1c[nH]c2ccc(S(=O)(=O)N(CC)c3ccccc3)cc2c1=O. The van der Waals surface area contributed by atoms with E-state index in [4.69, 9.17) is 0 Å². The molecule has 3 aromatic rings. The lowest BCUT2D eigenvalue weighted by Crippen LogP contribution is -2.31. The van der Waals surface area contributed by atoms with Gasteiger partial charge in [-0.15, -0.1) is 0 Å². The predicted octanol–water partition coefficient (Wildman–Crippen LogP) is 3.66. The van der Waals surface area contributed by atoms with Crippen LogP contribution in [0, 0.1) is 0 Å². The van der Waals surface area contributed by atoms with Gasteiger partial charge in [0, 0.05) is 30.2 Å². The molecule has 0 bridgehead atoms. The van der Waals surface area contributed by atoms with Crippen LogP contribution in [0.4, 0.5) is 5.69 Å². The lowest BCUT2D eigenvalue weighted by atomic mass is 10.1. The number of H-pyrrole nitrogens is 1. The number of carbonyl (C=O) groups excluding carboxylic acids is 1. The molecule has 0 spiro atoms. The van der Waals surface area contributed by atoms with E-state index in [1.807, 2.05) is 6.07 Å². The second-order valence-electron chi connectivity index (χ2n) is 7.21. The van der Waals surface area contributed by atoms with Gasteiger partial charge in [-0.25, -0.2) is 8.42 Å². The van der Waals surface area contributed by atoms with Crippen LogP contribution in [0.25, 0.3) is 10.9 Å². The van der Waals surface area contributed by atoms with E-state index < -0.39 is 21.4 Å². The third kappa shape index (κ3) is 4.80. The molecule has 0 saturated carbocycles. The minimum absolute atomic E-state index is 0.00305. The van der Waals surface area contributed by atoms with E-state index in [1.165, 1.54) is 22.6 Å². The zero-order valence-corrected chi connectivity index (χ0v) is 18.5. The van der Waals surface area contributed by atoms with Gasteiger partial charge < -0.3 is 10.3 Å². The Hall–Kier alpha value is -3.13. The summed E-state index contributed by atoms with van der Waals surface area (Å²) in [5.74, 6) is -0.466. The van der Waals surface area contributed by atoms with Gasteiger partial charge in [0.25, 0.3) is 15.9 Å². The lowest BCUT2D eigenvalue weighted by Gasteiger charge is -2.23. The van der Waals surface area contributed by atoms with Crippen LogP contribution in [-0.2, 0) is 10.0 Å². The summed E-state index contributed by atoms with van der Waals surface area (Å²) in [6.07, 6.45) is 4.23. The second kappa shape index (κ2) is 9.78. The van der Waals surface area contributed by atoms with Crippen LogP contribution in [0.5, 0.6) is 0 Å². The fourth-order valence-electron chi connectivity index (χ4n) is 3.41. The molecule has 0 aliphatic carbocycles. The molecular formula is C23H27N3O4S. The van der Waals surface area contributed by atoms with Gasteiger partial charge in [0.2, 0.25) is 5.43 Å². The summed E-state index contributed by atoms with van der Waals surface area (Å²) >= 11 is 0. The number of rotatable bonds is 9. The number of fused-ring (bicyclic) bond motifs is 1. The smallest absolute Gasteiger partial charge is 0.264 e. The molecule has 0 radical (unpaired) electrons. The van der Waals surface area contributed by atoms with Crippen molar-refractivity contribution in [3.05, 3.63) is 70.5 Å². The summed E-state index contributed by atoms with van der Waals surface area (Å²) in [6, 6.07) is 13.1. The van der Waals surface area contributed by atoms with Gasteiger partial charge in [-0.1, -0.05) is 38.0 Å². The molecule has 0 saturated heterocycles. The molecule has 1 aromatic heterocycles. The molecule has 31 heavy (non-hydrogen) atoms. The molecule has 1 heterocycles. The number of amides is 1. The van der Waals surface area contributed by atoms with Gasteiger partial charge in [-0.05, 0) is 43.7 Å². The summed E-state index contributed by atoms with van der Waals surface area (Å²) in [5, 5.41) is 2.91. The Morgan fingerprint density at radius 1 is 1.06 bits per heavy atom. The average molecular weight is 442 g/mol. The maximum atomic E-state index is 13.3. The third-order valence-electron chi connectivity index (χ3n) is 5.08. The molecule has 3 rings (SSSR count). The van der Waals surface area contributed by atoms with Crippen LogP contribution in [0.3, 0.4) is 0 Å². The number of nitrogens with one attached hydrogen (secondary N) is 2. The molecule has 1 amide bonds. The van der Waals surface area contributed by atoms with Crippen molar-refractivity contribution in [1.82, 2.24) is 10.3 Å². The molecule has 2 aromatic carbocycles. The number of carbonyl (C=O) groups is 1. The molecule has 164 valence electrons. The normalized spacial score (nSPS) is 11.4. The zero-order valence-electron chi connectivity index (χ0n) is 17.7. The zero-order chi connectivity index (χ0) is 22.4. The summed E-state index contributed by atoms with van der Waals surface area (Å²) in [5.41, 5.74) is 0.476. The minimum Gasteiger partial charge on any atom is -0.360 e. The van der Waals surface area contributed by atoms with Crippen molar-refractivity contribution in [3.63, 3.8) is 0 Å². The summed E-state index contributed by atoms with van der Waals surface area (Å²) < 4.78 is 27.8. The Morgan fingerprint density at radius 2 is 1.81 bits per heavy atom. The molecule has 2 N–H and O–H groups in total. The fourth-order valence-corrected chi connectivity index (χ4v) is 4.91. The van der Waals surface area contributed by atoms with Gasteiger partial charge in [-0.2, -0.15) is 0 Å². The first kappa shape index (κ1) is 22.6. The van der Waals surface area contributed by atoms with Crippen molar-refractivity contribution in [2.45, 2.75) is 38.0 Å². The van der Waals surface area contributed by atoms with E-state index >= 15 is 0 Å². The van der Waals surface area contributed by atoms with E-state index in [9.17, 15) is 18.0 Å². The number of para-hydroxylation sites is 1. The largest absolute Gasteiger partial charge is 0.360 e. The standard InChI is InChI=1S/C23H27N3O4S/c1-3-5-9-14-24-23(28)20-16-25-21-13-12-18(15-19(21)22(20)27)31(29,30)26(4-2)17-10-7-6-8-11-17/h6-8,10-13,15-16H,3-5,9,14H2,1-2H3,(H,24,28)(H,25,27). The number of aromatic amines is 1. The number of aromatic nitrogens is 1. The van der Waals surface area contributed by atoms with Crippen LogP contribution in [0.1, 0.15) is 43.5 Å². The highest BCUT2D eigenvalue weighted by atomic mass is 32.2. The number of sulfonamides is 1. The van der Waals surface area contributed by atoms with E-state index in [-0.39, 0.29) is 22.4 Å². The Balaban J connectivity index is 1.99. The first-order chi connectivity index (χ1) is 14.9. The molecule has 0 aliphatic rings. The molecule has 0 atom stereocenters. The van der Waals surface area contributed by atoms with Crippen LogP contribution >= 0.6 is 0 Å². The van der Waals surface area contributed by atoms with E-state index in [1.54, 1.807) is 37.3 Å². The molecule has 0 fully saturated rings. The monoisotopic (exact) mass is 441 g/mol. The summed E-state index contributed by atoms with van der Waals surface area (Å²) in [6.45, 7) is 4.54. The Bertz CT molecular complexity index is 1220. The van der Waals surface area contributed by atoms with Crippen LogP contribution < -0.4 is 15.1 Å². The molecule has 8 heteroatoms. The number of hydrogen-bond donors (Lipinski definition) is 2. The van der Waals surface area contributed by atoms with Gasteiger partial charge in [0.05, 0.1) is 10.6 Å². The summed E-state index contributed by atoms with van der Waals surface area (Å²) in [4.78, 5) is 28.3. The first-order valence-electron chi connectivity index (χ1n) is 10.4. The van der Waals surface area contributed by atoms with Crippen LogP contribution in [0.2, 0.25) is 0 Å². The van der Waals surface area contributed by atoms with E-state index in [0.29, 0.717) is 17.7 Å². The number of benzene rings is 2. The molecule has 0 aliphatic heterocycles. The van der Waals surface area contributed by atoms with E-state index in [0.717, 1.165) is 19.3 Å². The molecule has 7 nitrogen and oxygen atoms in total. The van der Waals surface area contributed by atoms with Gasteiger partial charge in [0.15, 0.2) is 0 Å².